The Kier molecular flexibility index (Phi) is 23.6. The quantitative estimate of drug-likeness (QED) is 0.0804. The smallest absolute Gasteiger partial charge is 0.324 e. The van der Waals surface area contributed by atoms with E-state index in [1.54, 1.807) is 12.1 Å². The minimum absolute atomic E-state index is 0.000265. The normalized spacial score (nSPS) is 25.9. The Labute approximate surface area is 408 Å². The van der Waals surface area contributed by atoms with E-state index < -0.39 is 90.0 Å². The predicted molar refractivity (Wildman–Crippen MR) is 259 cm³/mol. The van der Waals surface area contributed by atoms with E-state index in [9.17, 15) is 54.0 Å². The van der Waals surface area contributed by atoms with Gasteiger partial charge in [0.1, 0.15) is 36.0 Å². The number of imide groups is 1. The van der Waals surface area contributed by atoms with Gasteiger partial charge in [0.05, 0.1) is 18.3 Å². The Balaban J connectivity index is 1.57. The number of aromatic hydroxyl groups is 1. The number of amides is 8. The van der Waals surface area contributed by atoms with Gasteiger partial charge >= 0.3 is 6.03 Å². The molecule has 0 saturated carbocycles. The zero-order valence-electron chi connectivity index (χ0n) is 41.4. The Morgan fingerprint density at radius 1 is 0.841 bits per heavy atom. The molecule has 19 nitrogen and oxygen atoms in total. The highest BCUT2D eigenvalue weighted by Crippen LogP contribution is 2.25. The first-order chi connectivity index (χ1) is 32.9. The van der Waals surface area contributed by atoms with Crippen molar-refractivity contribution in [2.45, 2.75) is 192 Å². The lowest BCUT2D eigenvalue weighted by atomic mass is 9.91. The molecule has 1 unspecified atom stereocenters. The third kappa shape index (κ3) is 17.5. The number of aliphatic hydroxyl groups is 3. The fraction of sp³-hybridized carbons (Fsp3) is 0.740. The molecule has 0 spiro atoms. The van der Waals surface area contributed by atoms with Gasteiger partial charge in [-0.3, -0.25) is 33.7 Å². The highest BCUT2D eigenvalue weighted by atomic mass is 16.3. The van der Waals surface area contributed by atoms with Crippen molar-refractivity contribution in [2.75, 3.05) is 32.7 Å². The number of nitrogens with two attached hydrogens (primary N) is 1. The number of aliphatic hydroxyl groups excluding tert-OH is 3. The maximum absolute atomic E-state index is 14.6. The number of carbonyl (C=O) groups is 7. The van der Waals surface area contributed by atoms with Gasteiger partial charge in [-0.1, -0.05) is 77.8 Å². The summed E-state index contributed by atoms with van der Waals surface area (Å²) in [7, 11) is 0. The maximum Gasteiger partial charge on any atom is 0.324 e. The lowest BCUT2D eigenvalue weighted by Gasteiger charge is -2.34. The SMILES string of the molecule is CC[C@H](C)C[C@H](C)CCCCCCCCC(=O)N[C@H]1CCCNC(=O)[C@@H]2C(O)CCN2C(=O)[C@H](CCCN)NC(=O)N(CCCc2ccc(O)cc2)C(=O)[C@@H]2C[C@@H](O)CN2C(=O)[C@H]([C@@H](C)O)NC1=O. The number of hydrogen-bond donors (Lipinski definition) is 9. The zero-order valence-corrected chi connectivity index (χ0v) is 41.4. The lowest BCUT2D eigenvalue weighted by molar-refractivity contribution is -0.146. The molecule has 1 aromatic rings. The number of urea groups is 1. The van der Waals surface area contributed by atoms with Crippen LogP contribution in [0.5, 0.6) is 5.75 Å². The second kappa shape index (κ2) is 28.7. The minimum atomic E-state index is -1.63. The van der Waals surface area contributed by atoms with Crippen molar-refractivity contribution in [3.05, 3.63) is 29.8 Å². The molecule has 3 aliphatic heterocycles. The van der Waals surface area contributed by atoms with Crippen LogP contribution in [0.3, 0.4) is 0 Å². The Morgan fingerprint density at radius 2 is 1.54 bits per heavy atom. The Hall–Kier alpha value is -4.85. The molecular weight excluding hydrogens is 889 g/mol. The van der Waals surface area contributed by atoms with Crippen molar-refractivity contribution in [1.82, 2.24) is 36.0 Å². The second-order valence-electron chi connectivity index (χ2n) is 19.7. The summed E-state index contributed by atoms with van der Waals surface area (Å²) in [4.78, 5) is 102. The zero-order chi connectivity index (χ0) is 50.6. The summed E-state index contributed by atoms with van der Waals surface area (Å²) in [6.07, 6.45) is 6.43. The van der Waals surface area contributed by atoms with E-state index in [0.29, 0.717) is 18.8 Å². The Morgan fingerprint density at radius 3 is 2.22 bits per heavy atom. The molecule has 8 amide bonds. The molecule has 19 heteroatoms. The number of benzene rings is 1. The summed E-state index contributed by atoms with van der Waals surface area (Å²) in [5.74, 6) is -2.81. The van der Waals surface area contributed by atoms with E-state index in [2.05, 4.69) is 42.0 Å². The van der Waals surface area contributed by atoms with Crippen molar-refractivity contribution in [2.24, 2.45) is 17.6 Å². The molecule has 10 atom stereocenters. The summed E-state index contributed by atoms with van der Waals surface area (Å²) >= 11 is 0. The average molecular weight is 971 g/mol. The summed E-state index contributed by atoms with van der Waals surface area (Å²) < 4.78 is 0. The van der Waals surface area contributed by atoms with Crippen LogP contribution in [0.25, 0.3) is 0 Å². The molecule has 3 saturated heterocycles. The van der Waals surface area contributed by atoms with Crippen molar-refractivity contribution in [3.8, 4) is 5.75 Å². The standard InChI is InChI=1S/C50H82N8O11/c1-5-32(2)29-33(3)15-10-8-6-7-9-11-19-42(63)53-38-18-13-26-52-46(65)44-41(62)24-28-56(44)47(66)39(17-12-25-51)54-50(69)57(27-14-16-35-20-22-36(60)23-21-35)48(67)40-30-37(61)31-58(40)49(68)43(34(4)59)55-45(38)64/h20-23,32-34,37-41,43-44,59-62H,5-19,24-31,51H2,1-4H3,(H,52,65)(H,53,63)(H,54,69)(H,55,64)/t32-,33+,34+,37+,38-,39-,40-,41?,43-,44-/m0/s1. The monoisotopic (exact) mass is 971 g/mol. The van der Waals surface area contributed by atoms with Gasteiger partial charge < -0.3 is 57.2 Å². The van der Waals surface area contributed by atoms with Gasteiger partial charge in [-0.15, -0.1) is 0 Å². The van der Waals surface area contributed by atoms with Crippen LogP contribution < -0.4 is 27.0 Å². The van der Waals surface area contributed by atoms with Crippen LogP contribution in [0.4, 0.5) is 4.79 Å². The molecule has 388 valence electrons. The summed E-state index contributed by atoms with van der Waals surface area (Å²) in [6.45, 7) is 7.69. The van der Waals surface area contributed by atoms with Gasteiger partial charge in [0.2, 0.25) is 29.5 Å². The van der Waals surface area contributed by atoms with Crippen molar-refractivity contribution >= 4 is 41.5 Å². The molecule has 3 fully saturated rings. The number of phenolic OH excluding ortho intramolecular Hbond substituents is 1. The molecular formula is C50H82N8O11. The molecule has 69 heavy (non-hydrogen) atoms. The molecule has 3 aliphatic rings. The summed E-state index contributed by atoms with van der Waals surface area (Å²) in [6, 6.07) is -1.46. The van der Waals surface area contributed by atoms with Gasteiger partial charge in [-0.25, -0.2) is 4.79 Å². The van der Waals surface area contributed by atoms with Gasteiger partial charge in [0, 0.05) is 39.0 Å². The van der Waals surface area contributed by atoms with Crippen molar-refractivity contribution < 1.29 is 54.0 Å². The number of rotatable bonds is 21. The summed E-state index contributed by atoms with van der Waals surface area (Å²) in [5.41, 5.74) is 6.62. The van der Waals surface area contributed by atoms with Gasteiger partial charge in [0.15, 0.2) is 0 Å². The van der Waals surface area contributed by atoms with Gasteiger partial charge in [-0.2, -0.15) is 0 Å². The molecule has 4 rings (SSSR count). The first-order valence-electron chi connectivity index (χ1n) is 25.6. The summed E-state index contributed by atoms with van der Waals surface area (Å²) in [5, 5.41) is 53.4. The maximum atomic E-state index is 14.6. The lowest BCUT2D eigenvalue weighted by Crippen LogP contribution is -2.61. The molecule has 0 aromatic heterocycles. The van der Waals surface area contributed by atoms with E-state index in [1.165, 1.54) is 49.6 Å². The number of hydrogen-bond acceptors (Lipinski definition) is 12. The molecule has 3 heterocycles. The van der Waals surface area contributed by atoms with E-state index in [1.807, 2.05) is 0 Å². The predicted octanol–water partition coefficient (Wildman–Crippen LogP) is 2.35. The van der Waals surface area contributed by atoms with Gasteiger partial charge in [-0.05, 0) is 101 Å². The number of fused-ring (bicyclic) bond motifs is 2. The number of phenols is 1. The van der Waals surface area contributed by atoms with E-state index in [0.717, 1.165) is 47.0 Å². The highest BCUT2D eigenvalue weighted by molar-refractivity contribution is 6.02. The van der Waals surface area contributed by atoms with Gasteiger partial charge in [0.25, 0.3) is 5.91 Å². The van der Waals surface area contributed by atoms with Crippen molar-refractivity contribution in [1.29, 1.82) is 0 Å². The minimum Gasteiger partial charge on any atom is -0.508 e. The second-order valence-corrected chi connectivity index (χ2v) is 19.7. The third-order valence-corrected chi connectivity index (χ3v) is 13.9. The molecule has 0 radical (unpaired) electrons. The number of aryl methyl sites for hydroxylation is 1. The van der Waals surface area contributed by atoms with E-state index in [4.69, 9.17) is 5.73 Å². The number of carbonyl (C=O) groups excluding carboxylic acids is 7. The number of nitrogens with one attached hydrogen (secondary N) is 4. The third-order valence-electron chi connectivity index (χ3n) is 13.9. The molecule has 0 bridgehead atoms. The van der Waals surface area contributed by atoms with Crippen LogP contribution in [0.2, 0.25) is 0 Å². The fourth-order valence-electron chi connectivity index (χ4n) is 9.67. The number of nitrogens with zero attached hydrogens (tertiary/aromatic N) is 3. The molecule has 10 N–H and O–H groups in total. The fourth-order valence-corrected chi connectivity index (χ4v) is 9.67. The average Bonchev–Trinajstić information content (AvgIpc) is 3.91. The number of unbranched alkanes of at least 4 members (excludes halogenated alkanes) is 5. The van der Waals surface area contributed by atoms with Crippen LogP contribution in [-0.4, -0.2) is 158 Å². The van der Waals surface area contributed by atoms with Crippen LogP contribution >= 0.6 is 0 Å². The van der Waals surface area contributed by atoms with Crippen molar-refractivity contribution in [3.63, 3.8) is 0 Å². The Bertz CT molecular complexity index is 1840. The first-order valence-corrected chi connectivity index (χ1v) is 25.6. The van der Waals surface area contributed by atoms with E-state index >= 15 is 0 Å². The van der Waals surface area contributed by atoms with Crippen LogP contribution in [0.1, 0.15) is 142 Å². The molecule has 1 aromatic carbocycles. The topological polar surface area (TPSA) is 284 Å². The first kappa shape index (κ1) is 56.7. The van der Waals surface area contributed by atoms with Crippen LogP contribution in [-0.2, 0) is 35.2 Å². The highest BCUT2D eigenvalue weighted by Gasteiger charge is 2.47. The van der Waals surface area contributed by atoms with Crippen LogP contribution in [0.15, 0.2) is 24.3 Å². The largest absolute Gasteiger partial charge is 0.508 e. The van der Waals surface area contributed by atoms with E-state index in [-0.39, 0.29) is 89.8 Å². The van der Waals surface area contributed by atoms with Crippen LogP contribution in [0, 0.1) is 11.8 Å². The molecule has 0 aliphatic carbocycles.